The number of hydrogen-bond acceptors (Lipinski definition) is 3. The Morgan fingerprint density at radius 2 is 1.58 bits per heavy atom. The molecule has 0 N–H and O–H groups in total. The summed E-state index contributed by atoms with van der Waals surface area (Å²) in [5.74, 6) is 0.910. The lowest BCUT2D eigenvalue weighted by Crippen LogP contribution is -1.78. The van der Waals surface area contributed by atoms with Crippen molar-refractivity contribution in [2.24, 2.45) is 0 Å². The first kappa shape index (κ1) is 10.0. The van der Waals surface area contributed by atoms with Gasteiger partial charge in [-0.25, -0.2) is 0 Å². The van der Waals surface area contributed by atoms with Crippen LogP contribution in [0.1, 0.15) is 0 Å². The van der Waals surface area contributed by atoms with Crippen LogP contribution in [0.4, 0.5) is 0 Å². The fourth-order valence-corrected chi connectivity index (χ4v) is 0.557. The molecule has 0 aliphatic heterocycles. The largest absolute Gasteiger partial charge is 0.497 e. The van der Waals surface area contributed by atoms with Crippen molar-refractivity contribution in [2.45, 2.75) is 0 Å². The van der Waals surface area contributed by atoms with E-state index < -0.39 is 0 Å². The minimum Gasteiger partial charge on any atom is -0.497 e. The Balaban J connectivity index is 0.000000261. The van der Waals surface area contributed by atoms with Crippen molar-refractivity contribution in [3.8, 4) is 17.9 Å². The lowest BCUT2D eigenvalue weighted by atomic mass is 10.3. The van der Waals surface area contributed by atoms with Crippen molar-refractivity contribution in [1.29, 1.82) is 10.5 Å². The average molecular weight is 160 g/mol. The molecule has 0 radical (unpaired) electrons. The average Bonchev–Trinajstić information content (AvgIpc) is 2.19. The summed E-state index contributed by atoms with van der Waals surface area (Å²) in [7, 11) is 1.66. The molecular weight excluding hydrogens is 152 g/mol. The zero-order valence-corrected chi connectivity index (χ0v) is 6.69. The summed E-state index contributed by atoms with van der Waals surface area (Å²) < 4.78 is 4.91. The van der Waals surface area contributed by atoms with Crippen LogP contribution in [-0.2, 0) is 0 Å². The van der Waals surface area contributed by atoms with E-state index in [1.54, 1.807) is 7.11 Å². The number of benzene rings is 1. The van der Waals surface area contributed by atoms with E-state index in [-0.39, 0.29) is 0 Å². The minimum atomic E-state index is 0.910. The molecule has 12 heavy (non-hydrogen) atoms. The normalized spacial score (nSPS) is 6.58. The molecule has 0 heterocycles. The molecule has 0 amide bonds. The van der Waals surface area contributed by atoms with Gasteiger partial charge >= 0.3 is 0 Å². The molecule has 0 aliphatic rings. The van der Waals surface area contributed by atoms with E-state index in [0.717, 1.165) is 5.75 Å². The molecule has 0 aromatic heterocycles. The van der Waals surface area contributed by atoms with E-state index >= 15 is 0 Å². The molecule has 0 aliphatic carbocycles. The highest BCUT2D eigenvalue weighted by atomic mass is 16.5. The van der Waals surface area contributed by atoms with Crippen LogP contribution in [0.25, 0.3) is 0 Å². The van der Waals surface area contributed by atoms with Crippen molar-refractivity contribution in [3.63, 3.8) is 0 Å². The minimum absolute atomic E-state index is 0.910. The molecule has 0 bridgehead atoms. The standard InChI is InChI=1S/C7H8O.C2N2/c1-8-7-5-3-2-4-6-7;3-1-2-4/h2-6H,1H3;. The predicted octanol–water partition coefficient (Wildman–Crippen LogP) is 1.73. The number of rotatable bonds is 1. The number of para-hydroxylation sites is 1. The molecule has 0 unspecified atom stereocenters. The molecule has 0 saturated heterocycles. The van der Waals surface area contributed by atoms with Crippen molar-refractivity contribution in [2.75, 3.05) is 7.11 Å². The van der Waals surface area contributed by atoms with Gasteiger partial charge in [0.25, 0.3) is 0 Å². The first-order valence-electron chi connectivity index (χ1n) is 3.22. The third kappa shape index (κ3) is 4.84. The highest BCUT2D eigenvalue weighted by molar-refractivity contribution is 5.20. The molecule has 60 valence electrons. The summed E-state index contributed by atoms with van der Waals surface area (Å²) in [6, 6.07) is 12.2. The third-order valence-corrected chi connectivity index (χ3v) is 1.03. The Bertz CT molecular complexity index is 270. The fourth-order valence-electron chi connectivity index (χ4n) is 0.557. The smallest absolute Gasteiger partial charge is 0.181 e. The Labute approximate surface area is 71.4 Å². The molecular formula is C9H8N2O. The number of ether oxygens (including phenoxy) is 1. The van der Waals surface area contributed by atoms with Crippen LogP contribution in [0.5, 0.6) is 5.75 Å². The van der Waals surface area contributed by atoms with Gasteiger partial charge in [-0.1, -0.05) is 18.2 Å². The zero-order chi connectivity index (χ0) is 9.23. The molecule has 0 spiro atoms. The monoisotopic (exact) mass is 160 g/mol. The molecule has 1 aromatic rings. The quantitative estimate of drug-likeness (QED) is 0.628. The number of nitriles is 2. The van der Waals surface area contributed by atoms with Crippen molar-refractivity contribution in [1.82, 2.24) is 0 Å². The Morgan fingerprint density at radius 1 is 1.08 bits per heavy atom. The molecule has 3 heteroatoms. The van der Waals surface area contributed by atoms with Gasteiger partial charge in [-0.05, 0) is 12.1 Å². The molecule has 1 aromatic carbocycles. The first-order valence-corrected chi connectivity index (χ1v) is 3.22. The van der Waals surface area contributed by atoms with Gasteiger partial charge in [-0.15, -0.1) is 0 Å². The Hall–Kier alpha value is -2.00. The fraction of sp³-hybridized carbons (Fsp3) is 0.111. The van der Waals surface area contributed by atoms with Crippen molar-refractivity contribution >= 4 is 0 Å². The summed E-state index contributed by atoms with van der Waals surface area (Å²) in [5, 5.41) is 14.5. The van der Waals surface area contributed by atoms with Gasteiger partial charge < -0.3 is 4.74 Å². The van der Waals surface area contributed by atoms with Crippen LogP contribution in [0.15, 0.2) is 30.3 Å². The van der Waals surface area contributed by atoms with Crippen LogP contribution in [-0.4, -0.2) is 7.11 Å². The van der Waals surface area contributed by atoms with Gasteiger partial charge in [0, 0.05) is 0 Å². The van der Waals surface area contributed by atoms with Gasteiger partial charge in [0.1, 0.15) is 5.75 Å². The first-order chi connectivity index (χ1) is 5.85. The second kappa shape index (κ2) is 7.11. The molecule has 3 nitrogen and oxygen atoms in total. The number of hydrogen-bond donors (Lipinski definition) is 0. The maximum absolute atomic E-state index is 7.26. The van der Waals surface area contributed by atoms with Crippen LogP contribution in [0.3, 0.4) is 0 Å². The van der Waals surface area contributed by atoms with Gasteiger partial charge in [0.05, 0.1) is 7.11 Å². The van der Waals surface area contributed by atoms with E-state index in [2.05, 4.69) is 0 Å². The van der Waals surface area contributed by atoms with E-state index in [1.165, 1.54) is 12.1 Å². The molecule has 0 saturated carbocycles. The Kier molecular flexibility index (Phi) is 5.93. The summed E-state index contributed by atoms with van der Waals surface area (Å²) >= 11 is 0. The van der Waals surface area contributed by atoms with Gasteiger partial charge in [-0.2, -0.15) is 10.5 Å². The van der Waals surface area contributed by atoms with Crippen LogP contribution in [0.2, 0.25) is 0 Å². The third-order valence-electron chi connectivity index (χ3n) is 1.03. The maximum atomic E-state index is 7.26. The van der Waals surface area contributed by atoms with Crippen LogP contribution >= 0.6 is 0 Å². The predicted molar refractivity (Wildman–Crippen MR) is 44.2 cm³/mol. The van der Waals surface area contributed by atoms with E-state index in [4.69, 9.17) is 15.3 Å². The lowest BCUT2D eigenvalue weighted by Gasteiger charge is -1.93. The summed E-state index contributed by atoms with van der Waals surface area (Å²) in [5.41, 5.74) is 0. The SMILES string of the molecule is COc1ccccc1.N#CC#N. The van der Waals surface area contributed by atoms with E-state index in [0.29, 0.717) is 0 Å². The topological polar surface area (TPSA) is 56.8 Å². The number of methoxy groups -OCH3 is 1. The maximum Gasteiger partial charge on any atom is 0.181 e. The second-order valence-corrected chi connectivity index (χ2v) is 1.74. The Morgan fingerprint density at radius 3 is 1.83 bits per heavy atom. The lowest BCUT2D eigenvalue weighted by molar-refractivity contribution is 0.415. The highest BCUT2D eigenvalue weighted by Gasteiger charge is 1.80. The van der Waals surface area contributed by atoms with Crippen molar-refractivity contribution < 1.29 is 4.74 Å². The van der Waals surface area contributed by atoms with Crippen LogP contribution in [0, 0.1) is 22.7 Å². The second-order valence-electron chi connectivity index (χ2n) is 1.74. The highest BCUT2D eigenvalue weighted by Crippen LogP contribution is 2.05. The molecule has 0 atom stereocenters. The van der Waals surface area contributed by atoms with Crippen molar-refractivity contribution in [3.05, 3.63) is 30.3 Å². The molecule has 0 fully saturated rings. The van der Waals surface area contributed by atoms with E-state index in [9.17, 15) is 0 Å². The molecule has 1 rings (SSSR count). The van der Waals surface area contributed by atoms with Gasteiger partial charge in [0.15, 0.2) is 12.1 Å². The van der Waals surface area contributed by atoms with E-state index in [1.807, 2.05) is 30.3 Å². The summed E-state index contributed by atoms with van der Waals surface area (Å²) in [6.07, 6.45) is 0. The van der Waals surface area contributed by atoms with Gasteiger partial charge in [0.2, 0.25) is 0 Å². The van der Waals surface area contributed by atoms with Crippen LogP contribution < -0.4 is 4.74 Å². The van der Waals surface area contributed by atoms with Gasteiger partial charge in [-0.3, -0.25) is 0 Å². The summed E-state index contributed by atoms with van der Waals surface area (Å²) in [6.45, 7) is 0. The zero-order valence-electron chi connectivity index (χ0n) is 6.69. The number of nitrogens with zero attached hydrogens (tertiary/aromatic N) is 2. The summed E-state index contributed by atoms with van der Waals surface area (Å²) in [4.78, 5) is 0.